The molecule has 4 rings (SSSR count). The van der Waals surface area contributed by atoms with Gasteiger partial charge in [-0.05, 0) is 43.3 Å². The van der Waals surface area contributed by atoms with E-state index in [1.807, 2.05) is 0 Å². The first-order chi connectivity index (χ1) is 18.1. The van der Waals surface area contributed by atoms with Crippen LogP contribution in [-0.4, -0.2) is 49.1 Å². The first-order valence-electron chi connectivity index (χ1n) is 11.3. The number of benzene rings is 3. The molecule has 12 heteroatoms. The second-order valence-electron chi connectivity index (χ2n) is 8.12. The number of aromatic amines is 1. The molecule has 196 valence electrons. The Bertz CT molecular complexity index is 1600. The molecule has 1 heterocycles. The standard InChI is InChI=1S/C26H21F2N3O6S/c1-2-37-22(32)14-29-38(35,36)19-7-5-6-15(12-19)24(33)23(25(34)16-10-17(27)13-18(28)11-16)26-30-20-8-3-4-9-21(20)31-26/h3-13,23,29H,2,14H2,1H3,(H,30,31). The summed E-state index contributed by atoms with van der Waals surface area (Å²) in [5.74, 6) is -6.37. The van der Waals surface area contributed by atoms with E-state index in [0.29, 0.717) is 17.1 Å². The number of hydrogen-bond acceptors (Lipinski definition) is 7. The van der Waals surface area contributed by atoms with Gasteiger partial charge in [0.2, 0.25) is 10.0 Å². The number of esters is 1. The molecule has 0 amide bonds. The zero-order chi connectivity index (χ0) is 27.4. The number of para-hydroxylation sites is 2. The number of fused-ring (bicyclic) bond motifs is 1. The number of halogens is 2. The average molecular weight is 542 g/mol. The monoisotopic (exact) mass is 541 g/mol. The van der Waals surface area contributed by atoms with E-state index in [1.165, 1.54) is 18.2 Å². The van der Waals surface area contributed by atoms with Crippen molar-refractivity contribution in [1.82, 2.24) is 14.7 Å². The first kappa shape index (κ1) is 26.8. The second kappa shape index (κ2) is 11.0. The SMILES string of the molecule is CCOC(=O)CNS(=O)(=O)c1cccc(C(=O)C(C(=O)c2cc(F)cc(F)c2)c2nc3ccccc3[nH]2)c1. The van der Waals surface area contributed by atoms with Crippen LogP contribution in [0.15, 0.2) is 71.6 Å². The highest BCUT2D eigenvalue weighted by atomic mass is 32.2. The summed E-state index contributed by atoms with van der Waals surface area (Å²) < 4.78 is 60.0. The lowest BCUT2D eigenvalue weighted by atomic mass is 9.89. The molecule has 9 nitrogen and oxygen atoms in total. The number of hydrogen-bond donors (Lipinski definition) is 2. The molecule has 1 aromatic heterocycles. The highest BCUT2D eigenvalue weighted by Gasteiger charge is 2.34. The van der Waals surface area contributed by atoms with Gasteiger partial charge in [-0.25, -0.2) is 22.2 Å². The molecule has 38 heavy (non-hydrogen) atoms. The number of rotatable bonds is 10. The molecule has 0 aliphatic heterocycles. The molecule has 0 spiro atoms. The lowest BCUT2D eigenvalue weighted by Crippen LogP contribution is -2.31. The summed E-state index contributed by atoms with van der Waals surface area (Å²) in [6.07, 6.45) is 0. The Kier molecular flexibility index (Phi) is 7.74. The Morgan fingerprint density at radius 1 is 0.947 bits per heavy atom. The Hall–Kier alpha value is -4.29. The molecule has 0 fully saturated rings. The van der Waals surface area contributed by atoms with Crippen LogP contribution in [0.5, 0.6) is 0 Å². The highest BCUT2D eigenvalue weighted by Crippen LogP contribution is 2.27. The predicted octanol–water partition coefficient (Wildman–Crippen LogP) is 3.53. The van der Waals surface area contributed by atoms with Crippen molar-refractivity contribution in [3.05, 3.63) is 95.3 Å². The molecule has 0 saturated carbocycles. The third kappa shape index (κ3) is 5.82. The molecule has 1 atom stereocenters. The lowest BCUT2D eigenvalue weighted by molar-refractivity contribution is -0.141. The van der Waals surface area contributed by atoms with Gasteiger partial charge in [0.05, 0.1) is 22.5 Å². The fourth-order valence-electron chi connectivity index (χ4n) is 3.77. The number of ether oxygens (including phenoxy) is 1. The minimum Gasteiger partial charge on any atom is -0.465 e. The van der Waals surface area contributed by atoms with Crippen molar-refractivity contribution in [2.24, 2.45) is 0 Å². The first-order valence-corrected chi connectivity index (χ1v) is 12.8. The minimum atomic E-state index is -4.23. The van der Waals surface area contributed by atoms with Gasteiger partial charge in [-0.15, -0.1) is 0 Å². The maximum atomic E-state index is 13.9. The van der Waals surface area contributed by atoms with Crippen LogP contribution in [0.3, 0.4) is 0 Å². The van der Waals surface area contributed by atoms with E-state index < -0.39 is 57.2 Å². The summed E-state index contributed by atoms with van der Waals surface area (Å²) in [7, 11) is -4.23. The Morgan fingerprint density at radius 2 is 1.63 bits per heavy atom. The molecular weight excluding hydrogens is 520 g/mol. The third-order valence-corrected chi connectivity index (χ3v) is 6.89. The fraction of sp³-hybridized carbons (Fsp3) is 0.154. The number of H-pyrrole nitrogens is 1. The summed E-state index contributed by atoms with van der Waals surface area (Å²) >= 11 is 0. The zero-order valence-corrected chi connectivity index (χ0v) is 20.7. The van der Waals surface area contributed by atoms with E-state index in [4.69, 9.17) is 4.74 Å². The second-order valence-corrected chi connectivity index (χ2v) is 9.88. The van der Waals surface area contributed by atoms with Gasteiger partial charge in [-0.2, -0.15) is 4.72 Å². The summed E-state index contributed by atoms with van der Waals surface area (Å²) in [6.45, 7) is 1.01. The number of nitrogens with one attached hydrogen (secondary N) is 2. The van der Waals surface area contributed by atoms with Crippen LogP contribution >= 0.6 is 0 Å². The molecule has 0 bridgehead atoms. The topological polar surface area (TPSA) is 135 Å². The smallest absolute Gasteiger partial charge is 0.321 e. The Labute approximate surface area is 215 Å². The van der Waals surface area contributed by atoms with Crippen LogP contribution < -0.4 is 4.72 Å². The average Bonchev–Trinajstić information content (AvgIpc) is 3.31. The number of carbonyl (C=O) groups is 3. The summed E-state index contributed by atoms with van der Waals surface area (Å²) in [6, 6.07) is 13.7. The Morgan fingerprint density at radius 3 is 2.32 bits per heavy atom. The maximum Gasteiger partial charge on any atom is 0.321 e. The minimum absolute atomic E-state index is 0.0664. The van der Waals surface area contributed by atoms with E-state index in [9.17, 15) is 31.6 Å². The molecular formula is C26H21F2N3O6S. The van der Waals surface area contributed by atoms with Gasteiger partial charge >= 0.3 is 5.97 Å². The molecule has 2 N–H and O–H groups in total. The summed E-state index contributed by atoms with van der Waals surface area (Å²) in [4.78, 5) is 45.6. The third-order valence-electron chi connectivity index (χ3n) is 5.49. The van der Waals surface area contributed by atoms with Crippen LogP contribution in [0.1, 0.15) is 39.4 Å². The molecule has 0 aliphatic rings. The van der Waals surface area contributed by atoms with Gasteiger partial charge in [0.25, 0.3) is 0 Å². The van der Waals surface area contributed by atoms with Gasteiger partial charge < -0.3 is 9.72 Å². The summed E-state index contributed by atoms with van der Waals surface area (Å²) in [5, 5.41) is 0. The molecule has 1 unspecified atom stereocenters. The van der Waals surface area contributed by atoms with E-state index in [0.717, 1.165) is 18.2 Å². The molecule has 0 saturated heterocycles. The van der Waals surface area contributed by atoms with Gasteiger partial charge in [0.1, 0.15) is 29.9 Å². The van der Waals surface area contributed by atoms with Crippen molar-refractivity contribution in [2.45, 2.75) is 17.7 Å². The molecule has 0 radical (unpaired) electrons. The van der Waals surface area contributed by atoms with E-state index in [1.54, 1.807) is 31.2 Å². The van der Waals surface area contributed by atoms with Crippen molar-refractivity contribution < 1.29 is 36.3 Å². The van der Waals surface area contributed by atoms with Crippen LogP contribution in [-0.2, 0) is 19.6 Å². The number of Topliss-reactive ketones (excluding diaryl/α,β-unsaturated/α-hetero) is 2. The van der Waals surface area contributed by atoms with E-state index >= 15 is 0 Å². The lowest BCUT2D eigenvalue weighted by Gasteiger charge is -2.14. The van der Waals surface area contributed by atoms with Crippen molar-refractivity contribution in [3.63, 3.8) is 0 Å². The van der Waals surface area contributed by atoms with E-state index in [-0.39, 0.29) is 22.9 Å². The molecule has 3 aromatic carbocycles. The van der Waals surface area contributed by atoms with Gasteiger partial charge in [-0.1, -0.05) is 24.3 Å². The van der Waals surface area contributed by atoms with E-state index in [2.05, 4.69) is 14.7 Å². The number of aromatic nitrogens is 2. The number of sulfonamides is 1. The number of carbonyl (C=O) groups excluding carboxylic acids is 3. The number of nitrogens with zero attached hydrogens (tertiary/aromatic N) is 1. The van der Waals surface area contributed by atoms with Crippen LogP contribution in [0.4, 0.5) is 8.78 Å². The van der Waals surface area contributed by atoms with Crippen molar-refractivity contribution in [3.8, 4) is 0 Å². The van der Waals surface area contributed by atoms with Crippen LogP contribution in [0, 0.1) is 11.6 Å². The van der Waals surface area contributed by atoms with Gasteiger partial charge in [-0.3, -0.25) is 14.4 Å². The number of ketones is 2. The summed E-state index contributed by atoms with van der Waals surface area (Å²) in [5.41, 5.74) is 0.372. The predicted molar refractivity (Wildman–Crippen MR) is 132 cm³/mol. The molecule has 4 aromatic rings. The fourth-order valence-corrected chi connectivity index (χ4v) is 4.79. The maximum absolute atomic E-state index is 13.9. The zero-order valence-electron chi connectivity index (χ0n) is 19.9. The van der Waals surface area contributed by atoms with Crippen molar-refractivity contribution in [2.75, 3.05) is 13.2 Å². The molecule has 0 aliphatic carbocycles. The van der Waals surface area contributed by atoms with Crippen LogP contribution in [0.25, 0.3) is 11.0 Å². The normalized spacial score (nSPS) is 12.3. The highest BCUT2D eigenvalue weighted by molar-refractivity contribution is 7.89. The number of imidazole rings is 1. The Balaban J connectivity index is 1.74. The van der Waals surface area contributed by atoms with Crippen LogP contribution in [0.2, 0.25) is 0 Å². The van der Waals surface area contributed by atoms with Crippen molar-refractivity contribution in [1.29, 1.82) is 0 Å². The van der Waals surface area contributed by atoms with Crippen molar-refractivity contribution >= 4 is 38.6 Å². The quantitative estimate of drug-likeness (QED) is 0.178. The van der Waals surface area contributed by atoms with Gasteiger partial charge in [0, 0.05) is 17.2 Å². The van der Waals surface area contributed by atoms with Gasteiger partial charge in [0.15, 0.2) is 11.6 Å². The largest absolute Gasteiger partial charge is 0.465 e.